The number of urea groups is 1. The molecule has 0 saturated carbocycles. The summed E-state index contributed by atoms with van der Waals surface area (Å²) in [5.41, 5.74) is 2.24. The quantitative estimate of drug-likeness (QED) is 0.736. The molecule has 3 N–H and O–H groups in total. The second kappa shape index (κ2) is 8.75. The summed E-state index contributed by atoms with van der Waals surface area (Å²) in [6.45, 7) is 2.59. The van der Waals surface area contributed by atoms with E-state index in [2.05, 4.69) is 16.0 Å². The fraction of sp³-hybridized carbons (Fsp3) is 0.250. The number of halogens is 1. The van der Waals surface area contributed by atoms with Crippen LogP contribution in [0.1, 0.15) is 12.0 Å². The summed E-state index contributed by atoms with van der Waals surface area (Å²) in [7, 11) is 0. The lowest BCUT2D eigenvalue weighted by Crippen LogP contribution is -2.59. The van der Waals surface area contributed by atoms with Crippen LogP contribution in [0.4, 0.5) is 16.2 Å². The third-order valence-electron chi connectivity index (χ3n) is 4.38. The van der Waals surface area contributed by atoms with Gasteiger partial charge >= 0.3 is 6.03 Å². The molecule has 146 valence electrons. The number of benzene rings is 2. The van der Waals surface area contributed by atoms with Crippen molar-refractivity contribution in [3.8, 4) is 0 Å². The first kappa shape index (κ1) is 19.7. The summed E-state index contributed by atoms with van der Waals surface area (Å²) in [4.78, 5) is 38.8. The van der Waals surface area contributed by atoms with Crippen molar-refractivity contribution in [2.45, 2.75) is 19.4 Å². The summed E-state index contributed by atoms with van der Waals surface area (Å²) in [6.07, 6.45) is -0.136. The molecule has 0 bridgehead atoms. The van der Waals surface area contributed by atoms with Crippen molar-refractivity contribution in [1.82, 2.24) is 10.2 Å². The maximum absolute atomic E-state index is 12.7. The normalized spacial score (nSPS) is 16.3. The van der Waals surface area contributed by atoms with Gasteiger partial charge in [0, 0.05) is 29.5 Å². The number of carbonyl (C=O) groups is 3. The average Bonchev–Trinajstić information content (AvgIpc) is 2.65. The largest absolute Gasteiger partial charge is 0.353 e. The average molecular weight is 401 g/mol. The summed E-state index contributed by atoms with van der Waals surface area (Å²) in [6, 6.07) is 12.7. The number of hydrogen-bond acceptors (Lipinski definition) is 3. The topological polar surface area (TPSA) is 90.5 Å². The Bertz CT molecular complexity index is 885. The molecular weight excluding hydrogens is 380 g/mol. The van der Waals surface area contributed by atoms with Crippen LogP contribution in [0.25, 0.3) is 0 Å². The molecule has 2 aromatic carbocycles. The second-order valence-electron chi connectivity index (χ2n) is 6.56. The van der Waals surface area contributed by atoms with Crippen LogP contribution in [-0.2, 0) is 9.59 Å². The van der Waals surface area contributed by atoms with E-state index in [-0.39, 0.29) is 18.2 Å². The molecule has 1 aliphatic rings. The molecule has 0 aromatic heterocycles. The van der Waals surface area contributed by atoms with E-state index in [1.807, 2.05) is 19.1 Å². The minimum Gasteiger partial charge on any atom is -0.353 e. The summed E-state index contributed by atoms with van der Waals surface area (Å²) in [5, 5.41) is 8.68. The van der Waals surface area contributed by atoms with Crippen molar-refractivity contribution in [3.05, 3.63) is 59.1 Å². The molecule has 8 heteroatoms. The van der Waals surface area contributed by atoms with Crippen LogP contribution in [0.15, 0.2) is 48.5 Å². The van der Waals surface area contributed by atoms with Crippen molar-refractivity contribution in [1.29, 1.82) is 0 Å². The molecular formula is C20H21ClN4O3. The van der Waals surface area contributed by atoms with Crippen LogP contribution in [0.2, 0.25) is 5.02 Å². The number of anilines is 2. The van der Waals surface area contributed by atoms with E-state index in [0.29, 0.717) is 29.5 Å². The number of rotatable bonds is 4. The summed E-state index contributed by atoms with van der Waals surface area (Å²) >= 11 is 5.94. The minimum absolute atomic E-state index is 0.136. The van der Waals surface area contributed by atoms with Gasteiger partial charge in [0.2, 0.25) is 11.8 Å². The number of nitrogens with one attached hydrogen (secondary N) is 3. The third kappa shape index (κ3) is 5.01. The molecule has 1 unspecified atom stereocenters. The van der Waals surface area contributed by atoms with Crippen LogP contribution < -0.4 is 16.0 Å². The maximum atomic E-state index is 12.7. The molecule has 0 radical (unpaired) electrons. The van der Waals surface area contributed by atoms with E-state index >= 15 is 0 Å². The van der Waals surface area contributed by atoms with Crippen molar-refractivity contribution in [2.75, 3.05) is 23.7 Å². The smallest absolute Gasteiger partial charge is 0.322 e. The van der Waals surface area contributed by atoms with Crippen molar-refractivity contribution >= 4 is 40.8 Å². The number of amides is 4. The molecule has 2 aromatic rings. The zero-order valence-electron chi connectivity index (χ0n) is 15.4. The fourth-order valence-corrected chi connectivity index (χ4v) is 3.14. The molecule has 3 rings (SSSR count). The Hall–Kier alpha value is -3.06. The van der Waals surface area contributed by atoms with Gasteiger partial charge < -0.3 is 20.9 Å². The monoisotopic (exact) mass is 400 g/mol. The lowest BCUT2D eigenvalue weighted by Gasteiger charge is -2.34. The van der Waals surface area contributed by atoms with E-state index in [9.17, 15) is 14.4 Å². The number of carbonyl (C=O) groups excluding carboxylic acids is 3. The van der Waals surface area contributed by atoms with Gasteiger partial charge in [-0.1, -0.05) is 35.4 Å². The Kier molecular flexibility index (Phi) is 6.16. The SMILES string of the molecule is Cc1ccc(NC(=O)CC2C(=O)NCCN2C(=O)Nc2cccc(Cl)c2)cc1. The van der Waals surface area contributed by atoms with Gasteiger partial charge in [0.25, 0.3) is 0 Å². The van der Waals surface area contributed by atoms with Gasteiger partial charge in [-0.15, -0.1) is 0 Å². The molecule has 0 spiro atoms. The molecule has 1 aliphatic heterocycles. The van der Waals surface area contributed by atoms with Gasteiger partial charge in [-0.2, -0.15) is 0 Å². The molecule has 0 aliphatic carbocycles. The predicted octanol–water partition coefficient (Wildman–Crippen LogP) is 3.01. The van der Waals surface area contributed by atoms with Crippen molar-refractivity contribution < 1.29 is 14.4 Å². The Labute approximate surface area is 168 Å². The standard InChI is InChI=1S/C20H21ClN4O3/c1-13-5-7-15(8-6-13)23-18(26)12-17-19(27)22-9-10-25(17)20(28)24-16-4-2-3-14(21)11-16/h2-8,11,17H,9-10,12H2,1H3,(H,22,27)(H,23,26)(H,24,28). The minimum atomic E-state index is -0.890. The summed E-state index contributed by atoms with van der Waals surface area (Å²) in [5.74, 6) is -0.696. The molecule has 28 heavy (non-hydrogen) atoms. The summed E-state index contributed by atoms with van der Waals surface area (Å²) < 4.78 is 0. The predicted molar refractivity (Wildman–Crippen MR) is 108 cm³/mol. The first-order valence-corrected chi connectivity index (χ1v) is 9.27. The lowest BCUT2D eigenvalue weighted by molar-refractivity contribution is -0.130. The molecule has 1 fully saturated rings. The fourth-order valence-electron chi connectivity index (χ4n) is 2.95. The Morgan fingerprint density at radius 1 is 1.14 bits per heavy atom. The molecule has 4 amide bonds. The highest BCUT2D eigenvalue weighted by molar-refractivity contribution is 6.30. The van der Waals surface area contributed by atoms with E-state index in [4.69, 9.17) is 11.6 Å². The highest BCUT2D eigenvalue weighted by atomic mass is 35.5. The Morgan fingerprint density at radius 2 is 1.89 bits per heavy atom. The number of piperazine rings is 1. The third-order valence-corrected chi connectivity index (χ3v) is 4.62. The zero-order chi connectivity index (χ0) is 20.1. The van der Waals surface area contributed by atoms with Crippen LogP contribution in [-0.4, -0.2) is 41.9 Å². The van der Waals surface area contributed by atoms with E-state index in [1.54, 1.807) is 36.4 Å². The Balaban J connectivity index is 1.67. The highest BCUT2D eigenvalue weighted by Crippen LogP contribution is 2.18. The first-order chi connectivity index (χ1) is 13.4. The van der Waals surface area contributed by atoms with Gasteiger partial charge in [-0.05, 0) is 37.3 Å². The number of hydrogen-bond donors (Lipinski definition) is 3. The zero-order valence-corrected chi connectivity index (χ0v) is 16.1. The maximum Gasteiger partial charge on any atom is 0.322 e. The van der Waals surface area contributed by atoms with Crippen molar-refractivity contribution in [2.24, 2.45) is 0 Å². The molecule has 1 saturated heterocycles. The number of aryl methyl sites for hydroxylation is 1. The van der Waals surface area contributed by atoms with Gasteiger partial charge in [0.05, 0.1) is 6.42 Å². The van der Waals surface area contributed by atoms with E-state index in [1.165, 1.54) is 4.90 Å². The second-order valence-corrected chi connectivity index (χ2v) is 7.00. The Morgan fingerprint density at radius 3 is 2.61 bits per heavy atom. The van der Waals surface area contributed by atoms with Gasteiger partial charge in [-0.3, -0.25) is 9.59 Å². The van der Waals surface area contributed by atoms with Gasteiger partial charge in [0.15, 0.2) is 0 Å². The van der Waals surface area contributed by atoms with Crippen LogP contribution in [0, 0.1) is 6.92 Å². The van der Waals surface area contributed by atoms with Crippen LogP contribution >= 0.6 is 11.6 Å². The van der Waals surface area contributed by atoms with Crippen molar-refractivity contribution in [3.63, 3.8) is 0 Å². The van der Waals surface area contributed by atoms with E-state index < -0.39 is 12.1 Å². The lowest BCUT2D eigenvalue weighted by atomic mass is 10.1. The van der Waals surface area contributed by atoms with Crippen LogP contribution in [0.3, 0.4) is 0 Å². The molecule has 1 heterocycles. The van der Waals surface area contributed by atoms with E-state index in [0.717, 1.165) is 5.56 Å². The van der Waals surface area contributed by atoms with Gasteiger partial charge in [0.1, 0.15) is 6.04 Å². The number of nitrogens with zero attached hydrogens (tertiary/aromatic N) is 1. The first-order valence-electron chi connectivity index (χ1n) is 8.90. The van der Waals surface area contributed by atoms with Crippen LogP contribution in [0.5, 0.6) is 0 Å². The highest BCUT2D eigenvalue weighted by Gasteiger charge is 2.34. The molecule has 1 atom stereocenters. The van der Waals surface area contributed by atoms with Gasteiger partial charge in [-0.25, -0.2) is 4.79 Å². The molecule has 7 nitrogen and oxygen atoms in total.